The first-order valence-corrected chi connectivity index (χ1v) is 8.65. The van der Waals surface area contributed by atoms with Crippen molar-refractivity contribution in [3.05, 3.63) is 58.5 Å². The Kier molecular flexibility index (Phi) is 4.52. The molecule has 0 radical (unpaired) electrons. The van der Waals surface area contributed by atoms with Crippen LogP contribution >= 0.6 is 23.2 Å². The van der Waals surface area contributed by atoms with E-state index in [1.807, 2.05) is 24.4 Å². The maximum atomic E-state index is 12.9. The highest BCUT2D eigenvalue weighted by Gasteiger charge is 2.24. The monoisotopic (exact) mass is 375 g/mol. The zero-order valence-corrected chi connectivity index (χ0v) is 16.1. The molecule has 3 rings (SSSR count). The van der Waals surface area contributed by atoms with E-state index in [1.54, 1.807) is 11.9 Å². The Balaban J connectivity index is 2.11. The van der Waals surface area contributed by atoms with Gasteiger partial charge < -0.3 is 9.47 Å². The quantitative estimate of drug-likeness (QED) is 0.603. The third kappa shape index (κ3) is 3.24. The van der Waals surface area contributed by atoms with Crippen molar-refractivity contribution < 1.29 is 4.79 Å². The van der Waals surface area contributed by atoms with E-state index in [1.165, 1.54) is 12.3 Å². The van der Waals surface area contributed by atoms with Crippen LogP contribution in [0, 0.1) is 0 Å². The number of nitrogens with zero attached hydrogens (tertiary/aromatic N) is 3. The summed E-state index contributed by atoms with van der Waals surface area (Å²) < 4.78 is 2.17. The average Bonchev–Trinajstić information content (AvgIpc) is 2.93. The molecule has 1 aromatic carbocycles. The molecule has 0 N–H and O–H groups in total. The Morgan fingerprint density at radius 1 is 1.20 bits per heavy atom. The molecule has 0 atom stereocenters. The van der Waals surface area contributed by atoms with Crippen LogP contribution in [0.4, 0.5) is 5.69 Å². The number of aromatic nitrogens is 2. The summed E-state index contributed by atoms with van der Waals surface area (Å²) in [5.74, 6) is -0.279. The Morgan fingerprint density at radius 3 is 2.52 bits per heavy atom. The predicted octanol–water partition coefficient (Wildman–Crippen LogP) is 5.37. The molecule has 1 amide bonds. The van der Waals surface area contributed by atoms with Crippen molar-refractivity contribution in [3.8, 4) is 0 Å². The molecule has 130 valence electrons. The van der Waals surface area contributed by atoms with Gasteiger partial charge in [0, 0.05) is 30.4 Å². The molecule has 25 heavy (non-hydrogen) atoms. The van der Waals surface area contributed by atoms with E-state index in [0.717, 1.165) is 16.6 Å². The van der Waals surface area contributed by atoms with Crippen LogP contribution in [0.2, 0.25) is 10.0 Å². The Labute approximate surface area is 157 Å². The normalized spacial score (nSPS) is 11.8. The summed E-state index contributed by atoms with van der Waals surface area (Å²) in [6.07, 6.45) is 3.42. The van der Waals surface area contributed by atoms with Crippen molar-refractivity contribution in [3.63, 3.8) is 0 Å². The van der Waals surface area contributed by atoms with Gasteiger partial charge in [0.1, 0.15) is 5.69 Å². The largest absolute Gasteiger partial charge is 0.340 e. The molecule has 4 nitrogen and oxygen atoms in total. The maximum Gasteiger partial charge on any atom is 0.278 e. The minimum absolute atomic E-state index is 0.113. The van der Waals surface area contributed by atoms with Gasteiger partial charge in [0.2, 0.25) is 0 Å². The van der Waals surface area contributed by atoms with Gasteiger partial charge in [-0.25, -0.2) is 4.98 Å². The highest BCUT2D eigenvalue weighted by Crippen LogP contribution is 2.33. The average molecular weight is 376 g/mol. The second kappa shape index (κ2) is 6.36. The molecular formula is C19H19Cl2N3O. The number of hydrogen-bond acceptors (Lipinski definition) is 2. The molecule has 0 unspecified atom stereocenters. The molecule has 0 saturated heterocycles. The van der Waals surface area contributed by atoms with E-state index >= 15 is 0 Å². The number of fused-ring (bicyclic) bond motifs is 1. The molecular weight excluding hydrogens is 357 g/mol. The van der Waals surface area contributed by atoms with Crippen molar-refractivity contribution in [1.29, 1.82) is 0 Å². The molecule has 0 aliphatic heterocycles. The zero-order valence-electron chi connectivity index (χ0n) is 14.5. The Hall–Kier alpha value is -2.04. The fraction of sp³-hybridized carbons (Fsp3) is 0.263. The molecule has 0 aliphatic carbocycles. The Bertz CT molecular complexity index is 957. The number of para-hydroxylation sites is 1. The number of benzene rings is 1. The van der Waals surface area contributed by atoms with Crippen LogP contribution in [-0.2, 0) is 5.54 Å². The number of carbonyl (C=O) groups excluding carboxylic acids is 1. The van der Waals surface area contributed by atoms with Crippen molar-refractivity contribution >= 4 is 45.7 Å². The number of halogens is 2. The molecule has 0 bridgehead atoms. The van der Waals surface area contributed by atoms with E-state index in [0.29, 0.717) is 5.02 Å². The highest BCUT2D eigenvalue weighted by atomic mass is 35.5. The summed E-state index contributed by atoms with van der Waals surface area (Å²) in [4.78, 5) is 18.6. The van der Waals surface area contributed by atoms with Crippen LogP contribution in [0.3, 0.4) is 0 Å². The summed E-state index contributed by atoms with van der Waals surface area (Å²) in [5, 5.41) is 1.64. The fourth-order valence-corrected chi connectivity index (χ4v) is 3.29. The van der Waals surface area contributed by atoms with Crippen molar-refractivity contribution in [1.82, 2.24) is 9.55 Å². The number of rotatable bonds is 2. The van der Waals surface area contributed by atoms with Crippen LogP contribution in [-0.4, -0.2) is 22.5 Å². The topological polar surface area (TPSA) is 38.1 Å². The van der Waals surface area contributed by atoms with E-state index < -0.39 is 0 Å². The van der Waals surface area contributed by atoms with Crippen molar-refractivity contribution in [2.45, 2.75) is 26.3 Å². The van der Waals surface area contributed by atoms with Crippen LogP contribution in [0.15, 0.2) is 42.7 Å². The zero-order chi connectivity index (χ0) is 18.4. The summed E-state index contributed by atoms with van der Waals surface area (Å²) >= 11 is 12.0. The number of hydrogen-bond donors (Lipinski definition) is 0. The Morgan fingerprint density at radius 2 is 1.88 bits per heavy atom. The van der Waals surface area contributed by atoms with Gasteiger partial charge in [-0.1, -0.05) is 41.4 Å². The van der Waals surface area contributed by atoms with E-state index in [-0.39, 0.29) is 22.2 Å². The van der Waals surface area contributed by atoms with Crippen LogP contribution < -0.4 is 4.90 Å². The van der Waals surface area contributed by atoms with Gasteiger partial charge >= 0.3 is 0 Å². The summed E-state index contributed by atoms with van der Waals surface area (Å²) in [7, 11) is 1.73. The molecule has 0 saturated carbocycles. The first-order valence-electron chi connectivity index (χ1n) is 7.90. The summed E-state index contributed by atoms with van der Waals surface area (Å²) in [6, 6.07) is 9.54. The van der Waals surface area contributed by atoms with E-state index in [4.69, 9.17) is 23.2 Å². The standard InChI is InChI=1S/C19H19Cl2N3O/c1-19(2,3)24-11-16(13-7-5-6-8-15(13)24)23(4)18(25)17-14(21)9-12(20)10-22-17/h5-11H,1-4H3. The molecule has 6 heteroatoms. The SMILES string of the molecule is CN(C(=O)c1ncc(Cl)cc1Cl)c1cn(C(C)(C)C)c2ccccc12. The van der Waals surface area contributed by atoms with Gasteiger partial charge in [-0.2, -0.15) is 0 Å². The molecule has 0 aliphatic rings. The lowest BCUT2D eigenvalue weighted by Gasteiger charge is -2.22. The third-order valence-electron chi connectivity index (χ3n) is 4.09. The minimum atomic E-state index is -0.279. The fourth-order valence-electron chi connectivity index (χ4n) is 2.82. The van der Waals surface area contributed by atoms with Gasteiger partial charge in [-0.15, -0.1) is 0 Å². The van der Waals surface area contributed by atoms with Crippen molar-refractivity contribution in [2.75, 3.05) is 11.9 Å². The maximum absolute atomic E-state index is 12.9. The number of pyridine rings is 1. The minimum Gasteiger partial charge on any atom is -0.340 e. The molecule has 2 heterocycles. The molecule has 2 aromatic heterocycles. The van der Waals surface area contributed by atoms with Crippen LogP contribution in [0.5, 0.6) is 0 Å². The third-order valence-corrected chi connectivity index (χ3v) is 4.58. The van der Waals surface area contributed by atoms with Gasteiger partial charge in [0.05, 0.1) is 21.2 Å². The predicted molar refractivity (Wildman–Crippen MR) is 104 cm³/mol. The number of amides is 1. The first-order chi connectivity index (χ1) is 11.7. The summed E-state index contributed by atoms with van der Waals surface area (Å²) in [6.45, 7) is 6.38. The van der Waals surface area contributed by atoms with E-state index in [2.05, 4.69) is 36.4 Å². The molecule has 0 spiro atoms. The van der Waals surface area contributed by atoms with Gasteiger partial charge in [-0.3, -0.25) is 4.79 Å². The number of anilines is 1. The lowest BCUT2D eigenvalue weighted by molar-refractivity contribution is 0.0988. The second-order valence-electron chi connectivity index (χ2n) is 6.92. The lowest BCUT2D eigenvalue weighted by Crippen LogP contribution is -2.27. The van der Waals surface area contributed by atoms with Gasteiger partial charge in [0.25, 0.3) is 5.91 Å². The van der Waals surface area contributed by atoms with Crippen LogP contribution in [0.1, 0.15) is 31.3 Å². The second-order valence-corrected chi connectivity index (χ2v) is 7.76. The molecule has 0 fully saturated rings. The van der Waals surface area contributed by atoms with E-state index in [9.17, 15) is 4.79 Å². The highest BCUT2D eigenvalue weighted by molar-refractivity contribution is 6.36. The van der Waals surface area contributed by atoms with Crippen LogP contribution in [0.25, 0.3) is 10.9 Å². The smallest absolute Gasteiger partial charge is 0.278 e. The summed E-state index contributed by atoms with van der Waals surface area (Å²) in [5.41, 5.74) is 1.95. The van der Waals surface area contributed by atoms with Gasteiger partial charge in [0.15, 0.2) is 0 Å². The first kappa shape index (κ1) is 17.8. The van der Waals surface area contributed by atoms with Gasteiger partial charge in [-0.05, 0) is 32.9 Å². The molecule has 3 aromatic rings. The van der Waals surface area contributed by atoms with Crippen molar-refractivity contribution in [2.24, 2.45) is 0 Å². The number of carbonyl (C=O) groups is 1. The lowest BCUT2D eigenvalue weighted by atomic mass is 10.1.